The molecule has 0 rings (SSSR count). The molecule has 0 bridgehead atoms. The molecule has 0 aromatic rings. The molecule has 0 heterocycles. The minimum Gasteiger partial charge on any atom is -0.462 e. The van der Waals surface area contributed by atoms with Gasteiger partial charge >= 0.3 is 17.9 Å². The van der Waals surface area contributed by atoms with Crippen molar-refractivity contribution in [2.75, 3.05) is 13.2 Å². The molecule has 378 valence electrons. The number of carbonyl (C=O) groups is 3. The van der Waals surface area contributed by atoms with E-state index in [9.17, 15) is 14.4 Å². The van der Waals surface area contributed by atoms with Gasteiger partial charge in [0.2, 0.25) is 0 Å². The first-order chi connectivity index (χ1) is 32.0. The van der Waals surface area contributed by atoms with Gasteiger partial charge in [0.15, 0.2) is 6.10 Å². The predicted molar refractivity (Wildman–Crippen MR) is 279 cm³/mol. The Morgan fingerprint density at radius 1 is 0.323 bits per heavy atom. The first kappa shape index (κ1) is 62.4. The van der Waals surface area contributed by atoms with Crippen molar-refractivity contribution in [3.05, 3.63) is 48.6 Å². The van der Waals surface area contributed by atoms with Crippen LogP contribution in [0.1, 0.15) is 290 Å². The van der Waals surface area contributed by atoms with E-state index in [0.29, 0.717) is 19.3 Å². The second-order valence-electron chi connectivity index (χ2n) is 18.8. The van der Waals surface area contributed by atoms with Crippen molar-refractivity contribution in [3.63, 3.8) is 0 Å². The van der Waals surface area contributed by atoms with Crippen molar-refractivity contribution in [2.45, 2.75) is 297 Å². The fraction of sp³-hybridized carbons (Fsp3) is 0.814. The lowest BCUT2D eigenvalue weighted by atomic mass is 10.0. The Kier molecular flexibility index (Phi) is 51.8. The zero-order valence-electron chi connectivity index (χ0n) is 43.3. The first-order valence-corrected chi connectivity index (χ1v) is 28.1. The maximum absolute atomic E-state index is 12.8. The third-order valence-corrected chi connectivity index (χ3v) is 12.3. The van der Waals surface area contributed by atoms with Gasteiger partial charge in [-0.05, 0) is 57.8 Å². The molecule has 1 atom stereocenters. The average molecular weight is 911 g/mol. The number of hydrogen-bond acceptors (Lipinski definition) is 6. The van der Waals surface area contributed by atoms with Crippen molar-refractivity contribution < 1.29 is 28.6 Å². The van der Waals surface area contributed by atoms with Crippen LogP contribution in [0.15, 0.2) is 48.6 Å². The second kappa shape index (κ2) is 54.0. The Bertz CT molecular complexity index is 1140. The van der Waals surface area contributed by atoms with E-state index < -0.39 is 6.10 Å². The summed E-state index contributed by atoms with van der Waals surface area (Å²) in [7, 11) is 0. The topological polar surface area (TPSA) is 78.9 Å². The van der Waals surface area contributed by atoms with Crippen molar-refractivity contribution in [2.24, 2.45) is 0 Å². The van der Waals surface area contributed by atoms with E-state index in [1.54, 1.807) is 0 Å². The molecule has 0 aliphatic heterocycles. The molecule has 0 aromatic carbocycles. The largest absolute Gasteiger partial charge is 0.462 e. The van der Waals surface area contributed by atoms with Gasteiger partial charge in [0.25, 0.3) is 0 Å². The molecule has 0 aliphatic rings. The van der Waals surface area contributed by atoms with Crippen LogP contribution < -0.4 is 0 Å². The SMILES string of the molecule is CC/C=C\C/C=C\C/C=C\C/C=C\CCCCC(=O)O[C@@H](COC(=O)CCCCCCCCCCCCCCC)COC(=O)CCCCCCCCCCCCCCCCCCCCC. The summed E-state index contributed by atoms with van der Waals surface area (Å²) in [5, 5.41) is 0. The molecule has 0 amide bonds. The van der Waals surface area contributed by atoms with Crippen LogP contribution in [0.4, 0.5) is 0 Å². The van der Waals surface area contributed by atoms with E-state index in [1.165, 1.54) is 167 Å². The van der Waals surface area contributed by atoms with Gasteiger partial charge in [-0.2, -0.15) is 0 Å². The first-order valence-electron chi connectivity index (χ1n) is 28.1. The number of rotatable bonds is 51. The highest BCUT2D eigenvalue weighted by Crippen LogP contribution is 2.17. The number of carbonyl (C=O) groups excluding carboxylic acids is 3. The molecule has 6 nitrogen and oxygen atoms in total. The molecule has 0 aliphatic carbocycles. The van der Waals surface area contributed by atoms with Crippen LogP contribution in [0.5, 0.6) is 0 Å². The van der Waals surface area contributed by atoms with Crippen LogP contribution in [0.25, 0.3) is 0 Å². The lowest BCUT2D eigenvalue weighted by Gasteiger charge is -2.18. The Morgan fingerprint density at radius 3 is 0.938 bits per heavy atom. The van der Waals surface area contributed by atoms with Gasteiger partial charge in [-0.1, -0.05) is 262 Å². The minimum absolute atomic E-state index is 0.0856. The summed E-state index contributed by atoms with van der Waals surface area (Å²) < 4.78 is 16.8. The predicted octanol–water partition coefficient (Wildman–Crippen LogP) is 18.7. The Morgan fingerprint density at radius 2 is 0.600 bits per heavy atom. The van der Waals surface area contributed by atoms with Crippen LogP contribution >= 0.6 is 0 Å². The maximum atomic E-state index is 12.8. The van der Waals surface area contributed by atoms with Crippen molar-refractivity contribution in [1.82, 2.24) is 0 Å². The van der Waals surface area contributed by atoms with Crippen molar-refractivity contribution in [3.8, 4) is 0 Å². The lowest BCUT2D eigenvalue weighted by molar-refractivity contribution is -0.167. The Balaban J connectivity index is 4.36. The van der Waals surface area contributed by atoms with Gasteiger partial charge in [-0.25, -0.2) is 0 Å². The molecule has 0 saturated heterocycles. The monoisotopic (exact) mass is 911 g/mol. The van der Waals surface area contributed by atoms with Gasteiger partial charge in [-0.15, -0.1) is 0 Å². The summed E-state index contributed by atoms with van der Waals surface area (Å²) in [6.07, 6.45) is 65.3. The molecule has 0 fully saturated rings. The van der Waals surface area contributed by atoms with Crippen LogP contribution in [0.3, 0.4) is 0 Å². The second-order valence-corrected chi connectivity index (χ2v) is 18.8. The number of unbranched alkanes of at least 4 members (excludes halogenated alkanes) is 32. The number of hydrogen-bond donors (Lipinski definition) is 0. The average Bonchev–Trinajstić information content (AvgIpc) is 3.30. The van der Waals surface area contributed by atoms with Crippen LogP contribution in [-0.4, -0.2) is 37.2 Å². The molecule has 0 saturated carbocycles. The number of esters is 3. The van der Waals surface area contributed by atoms with E-state index in [1.807, 2.05) is 0 Å². The Labute approximate surface area is 403 Å². The molecular weight excluding hydrogens is 805 g/mol. The van der Waals surface area contributed by atoms with E-state index >= 15 is 0 Å². The molecule has 6 heteroatoms. The van der Waals surface area contributed by atoms with E-state index in [2.05, 4.69) is 69.4 Å². The fourth-order valence-corrected chi connectivity index (χ4v) is 8.14. The van der Waals surface area contributed by atoms with Gasteiger partial charge < -0.3 is 14.2 Å². The summed E-state index contributed by atoms with van der Waals surface area (Å²) >= 11 is 0. The lowest BCUT2D eigenvalue weighted by Crippen LogP contribution is -2.30. The van der Waals surface area contributed by atoms with Gasteiger partial charge in [0.05, 0.1) is 0 Å². The summed E-state index contributed by atoms with van der Waals surface area (Å²) in [4.78, 5) is 38.1. The molecular formula is C59H106O6. The Hall–Kier alpha value is -2.63. The van der Waals surface area contributed by atoms with Crippen LogP contribution in [0.2, 0.25) is 0 Å². The third-order valence-electron chi connectivity index (χ3n) is 12.3. The number of ether oxygens (including phenoxy) is 3. The zero-order chi connectivity index (χ0) is 47.2. The molecule has 0 unspecified atom stereocenters. The highest BCUT2D eigenvalue weighted by Gasteiger charge is 2.19. The highest BCUT2D eigenvalue weighted by molar-refractivity contribution is 5.71. The molecule has 0 aromatic heterocycles. The standard InChI is InChI=1S/C59H106O6/c1-4-7-10-13-16-19-22-25-27-28-29-30-32-34-37-40-43-46-49-52-58(61)64-55-56(54-63-57(60)51-48-45-42-39-36-33-24-21-18-15-12-9-6-3)65-59(62)53-50-47-44-41-38-35-31-26-23-20-17-14-11-8-5-2/h8,11,17,20,26,31,38,41,56H,4-7,9-10,12-16,18-19,21-25,27-30,32-37,39-40,42-55H2,1-3H3/b11-8-,20-17-,31-26-,41-38-/t56-/m0/s1. The normalized spacial score (nSPS) is 12.4. The van der Waals surface area contributed by atoms with E-state index in [0.717, 1.165) is 77.0 Å². The molecule has 65 heavy (non-hydrogen) atoms. The van der Waals surface area contributed by atoms with Crippen LogP contribution in [0, 0.1) is 0 Å². The summed E-state index contributed by atoms with van der Waals surface area (Å²) in [5.41, 5.74) is 0. The van der Waals surface area contributed by atoms with Gasteiger partial charge in [0, 0.05) is 19.3 Å². The number of allylic oxidation sites excluding steroid dienone is 8. The third kappa shape index (κ3) is 52.2. The molecule has 0 N–H and O–H groups in total. The van der Waals surface area contributed by atoms with Gasteiger partial charge in [0.1, 0.15) is 13.2 Å². The van der Waals surface area contributed by atoms with E-state index in [-0.39, 0.29) is 37.5 Å². The maximum Gasteiger partial charge on any atom is 0.306 e. The quantitative estimate of drug-likeness (QED) is 0.0262. The van der Waals surface area contributed by atoms with Gasteiger partial charge in [-0.3, -0.25) is 14.4 Å². The smallest absolute Gasteiger partial charge is 0.306 e. The summed E-state index contributed by atoms with van der Waals surface area (Å²) in [6, 6.07) is 0. The van der Waals surface area contributed by atoms with Crippen LogP contribution in [-0.2, 0) is 28.6 Å². The van der Waals surface area contributed by atoms with Crippen molar-refractivity contribution in [1.29, 1.82) is 0 Å². The molecule has 0 spiro atoms. The zero-order valence-corrected chi connectivity index (χ0v) is 43.3. The van der Waals surface area contributed by atoms with E-state index in [4.69, 9.17) is 14.2 Å². The highest BCUT2D eigenvalue weighted by atomic mass is 16.6. The summed E-state index contributed by atoms with van der Waals surface area (Å²) in [5.74, 6) is -0.913. The van der Waals surface area contributed by atoms with Crippen molar-refractivity contribution >= 4 is 17.9 Å². The minimum atomic E-state index is -0.790. The fourth-order valence-electron chi connectivity index (χ4n) is 8.14. The summed E-state index contributed by atoms with van der Waals surface area (Å²) in [6.45, 7) is 6.52. The molecule has 0 radical (unpaired) electrons.